The van der Waals surface area contributed by atoms with Gasteiger partial charge in [-0.25, -0.2) is 4.98 Å². The SMILES string of the molecule is CN(C(=O)c1ccc2c(=O)n3c(nc2c1)CCCCCC3)C1CCCCC1. The van der Waals surface area contributed by atoms with Gasteiger partial charge in [-0.2, -0.15) is 0 Å². The molecule has 0 bridgehead atoms. The van der Waals surface area contributed by atoms with Gasteiger partial charge in [-0.1, -0.05) is 32.1 Å². The number of rotatable bonds is 2. The van der Waals surface area contributed by atoms with Crippen molar-refractivity contribution in [3.63, 3.8) is 0 Å². The zero-order valence-corrected chi connectivity index (χ0v) is 16.2. The second-order valence-electron chi connectivity index (χ2n) is 8.09. The first-order valence-electron chi connectivity index (χ1n) is 10.5. The molecule has 5 nitrogen and oxygen atoms in total. The van der Waals surface area contributed by atoms with Crippen molar-refractivity contribution in [1.29, 1.82) is 0 Å². The van der Waals surface area contributed by atoms with E-state index in [1.54, 1.807) is 12.1 Å². The first-order chi connectivity index (χ1) is 13.1. The maximum absolute atomic E-state index is 13.0. The minimum absolute atomic E-state index is 0.0385. The van der Waals surface area contributed by atoms with E-state index in [4.69, 9.17) is 4.98 Å². The van der Waals surface area contributed by atoms with Gasteiger partial charge in [0.15, 0.2) is 0 Å². The lowest BCUT2D eigenvalue weighted by Gasteiger charge is -2.31. The third-order valence-electron chi connectivity index (χ3n) is 6.26. The van der Waals surface area contributed by atoms with Crippen LogP contribution in [0.3, 0.4) is 0 Å². The molecule has 5 heteroatoms. The van der Waals surface area contributed by atoms with Crippen LogP contribution in [0.4, 0.5) is 0 Å². The number of carbonyl (C=O) groups is 1. The zero-order valence-electron chi connectivity index (χ0n) is 16.2. The van der Waals surface area contributed by atoms with Crippen LogP contribution in [0.5, 0.6) is 0 Å². The molecule has 1 fully saturated rings. The summed E-state index contributed by atoms with van der Waals surface area (Å²) in [6.45, 7) is 0.752. The van der Waals surface area contributed by atoms with Gasteiger partial charge in [0.25, 0.3) is 11.5 Å². The molecule has 2 heterocycles. The molecule has 144 valence electrons. The van der Waals surface area contributed by atoms with E-state index in [1.165, 1.54) is 32.1 Å². The van der Waals surface area contributed by atoms with E-state index < -0.39 is 0 Å². The molecule has 2 aliphatic rings. The van der Waals surface area contributed by atoms with Gasteiger partial charge < -0.3 is 4.90 Å². The fourth-order valence-electron chi connectivity index (χ4n) is 4.57. The molecule has 1 aromatic carbocycles. The van der Waals surface area contributed by atoms with Crippen molar-refractivity contribution in [1.82, 2.24) is 14.5 Å². The van der Waals surface area contributed by atoms with Crippen LogP contribution in [0.1, 0.15) is 74.0 Å². The smallest absolute Gasteiger partial charge is 0.261 e. The summed E-state index contributed by atoms with van der Waals surface area (Å²) < 4.78 is 1.84. The highest BCUT2D eigenvalue weighted by Crippen LogP contribution is 2.24. The highest BCUT2D eigenvalue weighted by molar-refractivity contribution is 5.97. The Bertz CT molecular complexity index is 896. The number of amides is 1. The van der Waals surface area contributed by atoms with Crippen molar-refractivity contribution in [3.05, 3.63) is 39.9 Å². The summed E-state index contributed by atoms with van der Waals surface area (Å²) in [7, 11) is 1.91. The number of aromatic nitrogens is 2. The Kier molecular flexibility index (Phi) is 5.28. The summed E-state index contributed by atoms with van der Waals surface area (Å²) in [5.41, 5.74) is 1.34. The first kappa shape index (κ1) is 18.2. The molecular formula is C22H29N3O2. The van der Waals surface area contributed by atoms with Crippen molar-refractivity contribution in [2.45, 2.75) is 76.8 Å². The van der Waals surface area contributed by atoms with Gasteiger partial charge in [0.1, 0.15) is 5.82 Å². The van der Waals surface area contributed by atoms with E-state index in [2.05, 4.69) is 0 Å². The molecule has 0 radical (unpaired) electrons. The third-order valence-corrected chi connectivity index (χ3v) is 6.26. The average molecular weight is 367 g/mol. The number of hydrogen-bond donors (Lipinski definition) is 0. The molecule has 0 saturated heterocycles. The topological polar surface area (TPSA) is 55.2 Å². The summed E-state index contributed by atoms with van der Waals surface area (Å²) in [6, 6.07) is 5.73. The quantitative estimate of drug-likeness (QED) is 0.808. The first-order valence-corrected chi connectivity index (χ1v) is 10.5. The lowest BCUT2D eigenvalue weighted by atomic mass is 9.94. The molecule has 0 unspecified atom stereocenters. The number of aryl methyl sites for hydroxylation is 1. The van der Waals surface area contributed by atoms with E-state index in [0.29, 0.717) is 22.5 Å². The van der Waals surface area contributed by atoms with Gasteiger partial charge in [-0.3, -0.25) is 14.2 Å². The summed E-state index contributed by atoms with van der Waals surface area (Å²) >= 11 is 0. The maximum atomic E-state index is 13.0. The van der Waals surface area contributed by atoms with E-state index in [-0.39, 0.29) is 11.5 Å². The predicted molar refractivity (Wildman–Crippen MR) is 107 cm³/mol. The lowest BCUT2D eigenvalue weighted by molar-refractivity contribution is 0.0696. The van der Waals surface area contributed by atoms with Crippen molar-refractivity contribution >= 4 is 16.8 Å². The van der Waals surface area contributed by atoms with Crippen LogP contribution in [-0.2, 0) is 13.0 Å². The number of fused-ring (bicyclic) bond motifs is 2. The van der Waals surface area contributed by atoms with Crippen LogP contribution in [0, 0.1) is 0 Å². The fourth-order valence-corrected chi connectivity index (χ4v) is 4.57. The van der Waals surface area contributed by atoms with Crippen molar-refractivity contribution < 1.29 is 4.79 Å². The molecule has 0 N–H and O–H groups in total. The van der Waals surface area contributed by atoms with Crippen LogP contribution in [0.15, 0.2) is 23.0 Å². The standard InChI is InChI=1S/C22H29N3O2/c1-24(17-9-5-4-6-10-17)21(26)16-12-13-18-19(15-16)23-20-11-7-2-3-8-14-25(20)22(18)27/h12-13,15,17H,2-11,14H2,1H3. The zero-order chi connectivity index (χ0) is 18.8. The molecule has 1 saturated carbocycles. The van der Waals surface area contributed by atoms with Gasteiger partial charge in [0.05, 0.1) is 10.9 Å². The summed E-state index contributed by atoms with van der Waals surface area (Å²) in [5.74, 6) is 0.912. The second kappa shape index (κ2) is 7.83. The summed E-state index contributed by atoms with van der Waals surface area (Å²) in [6.07, 6.45) is 11.1. The molecule has 1 aliphatic heterocycles. The van der Waals surface area contributed by atoms with Crippen molar-refractivity contribution in [3.8, 4) is 0 Å². The minimum Gasteiger partial charge on any atom is -0.339 e. The molecule has 4 rings (SSSR count). The Morgan fingerprint density at radius 3 is 2.63 bits per heavy atom. The molecule has 1 aliphatic carbocycles. The van der Waals surface area contributed by atoms with E-state index >= 15 is 0 Å². The Labute approximate surface area is 160 Å². The largest absolute Gasteiger partial charge is 0.339 e. The molecule has 0 spiro atoms. The summed E-state index contributed by atoms with van der Waals surface area (Å²) in [4.78, 5) is 32.6. The molecular weight excluding hydrogens is 338 g/mol. The predicted octanol–water partition coefficient (Wildman–Crippen LogP) is 3.92. The molecule has 27 heavy (non-hydrogen) atoms. The van der Waals surface area contributed by atoms with Gasteiger partial charge in [-0.15, -0.1) is 0 Å². The Hall–Kier alpha value is -2.17. The van der Waals surface area contributed by atoms with Gasteiger partial charge in [-0.05, 0) is 43.9 Å². The van der Waals surface area contributed by atoms with Crippen molar-refractivity contribution in [2.24, 2.45) is 0 Å². The van der Waals surface area contributed by atoms with E-state index in [9.17, 15) is 9.59 Å². The van der Waals surface area contributed by atoms with E-state index in [1.807, 2.05) is 22.6 Å². The summed E-state index contributed by atoms with van der Waals surface area (Å²) in [5, 5.41) is 0.621. The normalized spacial score (nSPS) is 18.6. The number of hydrogen-bond acceptors (Lipinski definition) is 3. The van der Waals surface area contributed by atoms with Crippen LogP contribution in [-0.4, -0.2) is 33.4 Å². The Balaban J connectivity index is 1.68. The molecule has 2 aromatic rings. The Morgan fingerprint density at radius 2 is 1.81 bits per heavy atom. The van der Waals surface area contributed by atoms with Gasteiger partial charge in [0, 0.05) is 31.6 Å². The lowest BCUT2D eigenvalue weighted by Crippen LogP contribution is -2.38. The highest BCUT2D eigenvalue weighted by atomic mass is 16.2. The third kappa shape index (κ3) is 3.64. The number of carbonyl (C=O) groups excluding carboxylic acids is 1. The molecule has 1 aromatic heterocycles. The monoisotopic (exact) mass is 367 g/mol. The molecule has 1 amide bonds. The Morgan fingerprint density at radius 1 is 1.07 bits per heavy atom. The number of nitrogens with zero attached hydrogens (tertiary/aromatic N) is 3. The van der Waals surface area contributed by atoms with Crippen molar-refractivity contribution in [2.75, 3.05) is 7.05 Å². The maximum Gasteiger partial charge on any atom is 0.261 e. The highest BCUT2D eigenvalue weighted by Gasteiger charge is 2.23. The van der Waals surface area contributed by atoms with Crippen LogP contribution < -0.4 is 5.56 Å². The van der Waals surface area contributed by atoms with Crippen LogP contribution in [0.25, 0.3) is 10.9 Å². The minimum atomic E-state index is 0.0385. The van der Waals surface area contributed by atoms with E-state index in [0.717, 1.165) is 44.5 Å². The van der Waals surface area contributed by atoms with Crippen LogP contribution in [0.2, 0.25) is 0 Å². The number of benzene rings is 1. The fraction of sp³-hybridized carbons (Fsp3) is 0.591. The van der Waals surface area contributed by atoms with Gasteiger partial charge >= 0.3 is 0 Å². The van der Waals surface area contributed by atoms with Crippen LogP contribution >= 0.6 is 0 Å². The van der Waals surface area contributed by atoms with Gasteiger partial charge in [0.2, 0.25) is 0 Å². The second-order valence-corrected chi connectivity index (χ2v) is 8.09. The average Bonchev–Trinajstić information content (AvgIpc) is 2.68. The molecule has 0 atom stereocenters.